The van der Waals surface area contributed by atoms with E-state index < -0.39 is 5.82 Å². The largest absolute Gasteiger partial charge is 0.481 e. The smallest absolute Gasteiger partial charge is 0.212 e. The van der Waals surface area contributed by atoms with Crippen molar-refractivity contribution in [2.75, 3.05) is 7.11 Å². The molecule has 0 fully saturated rings. The normalized spacial score (nSPS) is 10.1. The number of ether oxygens (including phenoxy) is 1. The van der Waals surface area contributed by atoms with Gasteiger partial charge in [0, 0.05) is 30.9 Å². The van der Waals surface area contributed by atoms with E-state index in [-0.39, 0.29) is 5.56 Å². The Morgan fingerprint density at radius 2 is 2.15 bits per heavy atom. The van der Waals surface area contributed by atoms with Gasteiger partial charge in [0.1, 0.15) is 11.9 Å². The topological polar surface area (TPSA) is 57.9 Å². The van der Waals surface area contributed by atoms with E-state index in [1.54, 1.807) is 31.5 Å². The minimum absolute atomic E-state index is 0.0652. The summed E-state index contributed by atoms with van der Waals surface area (Å²) >= 11 is 0. The van der Waals surface area contributed by atoms with Crippen molar-refractivity contribution >= 4 is 0 Å². The maximum absolute atomic E-state index is 13.8. The van der Waals surface area contributed by atoms with Crippen molar-refractivity contribution in [1.29, 1.82) is 5.26 Å². The highest BCUT2D eigenvalue weighted by Gasteiger charge is 2.06. The molecule has 0 radical (unpaired) electrons. The summed E-state index contributed by atoms with van der Waals surface area (Å²) in [6.07, 6.45) is 1.70. The molecule has 4 nitrogen and oxygen atoms in total. The van der Waals surface area contributed by atoms with Gasteiger partial charge in [-0.1, -0.05) is 18.2 Å². The summed E-state index contributed by atoms with van der Waals surface area (Å²) in [5.74, 6) is 0.0943. The number of aromatic nitrogens is 1. The Morgan fingerprint density at radius 1 is 1.30 bits per heavy atom. The van der Waals surface area contributed by atoms with Gasteiger partial charge < -0.3 is 10.1 Å². The second-order valence-electron chi connectivity index (χ2n) is 4.20. The van der Waals surface area contributed by atoms with Crippen LogP contribution in [-0.2, 0) is 13.1 Å². The number of pyridine rings is 1. The predicted octanol–water partition coefficient (Wildman–Crippen LogP) is 2.39. The van der Waals surface area contributed by atoms with E-state index in [9.17, 15) is 4.39 Å². The van der Waals surface area contributed by atoms with Crippen molar-refractivity contribution in [2.24, 2.45) is 0 Å². The van der Waals surface area contributed by atoms with Crippen molar-refractivity contribution in [2.45, 2.75) is 13.1 Å². The third-order valence-corrected chi connectivity index (χ3v) is 2.85. The molecule has 0 saturated heterocycles. The van der Waals surface area contributed by atoms with Crippen molar-refractivity contribution in [1.82, 2.24) is 10.3 Å². The molecular formula is C15H14FN3O. The van der Waals surface area contributed by atoms with Crippen LogP contribution in [-0.4, -0.2) is 12.1 Å². The van der Waals surface area contributed by atoms with E-state index in [4.69, 9.17) is 10.00 Å². The monoisotopic (exact) mass is 271 g/mol. The van der Waals surface area contributed by atoms with Crippen LogP contribution in [0.25, 0.3) is 0 Å². The standard InChI is InChI=1S/C15H14FN3O/c1-20-14-6-5-11(9-19-14)8-18-10-13-4-2-3-12(7-17)15(13)16/h2-6,9,18H,8,10H2,1H3. The lowest BCUT2D eigenvalue weighted by molar-refractivity contribution is 0.397. The Labute approximate surface area is 116 Å². The predicted molar refractivity (Wildman–Crippen MR) is 72.4 cm³/mol. The first-order chi connectivity index (χ1) is 9.74. The molecule has 0 saturated carbocycles. The summed E-state index contributed by atoms with van der Waals surface area (Å²) < 4.78 is 18.8. The van der Waals surface area contributed by atoms with E-state index in [2.05, 4.69) is 10.3 Å². The Kier molecular flexibility index (Phi) is 4.64. The minimum atomic E-state index is -0.463. The fraction of sp³-hybridized carbons (Fsp3) is 0.200. The molecule has 0 bridgehead atoms. The molecule has 0 aliphatic heterocycles. The number of nitrogens with one attached hydrogen (secondary N) is 1. The zero-order valence-corrected chi connectivity index (χ0v) is 11.1. The number of nitrogens with zero attached hydrogens (tertiary/aromatic N) is 2. The third-order valence-electron chi connectivity index (χ3n) is 2.85. The zero-order valence-electron chi connectivity index (χ0n) is 11.1. The number of nitriles is 1. The zero-order chi connectivity index (χ0) is 14.4. The van der Waals surface area contributed by atoms with Crippen molar-refractivity contribution in [3.05, 3.63) is 59.0 Å². The molecule has 1 aromatic heterocycles. The minimum Gasteiger partial charge on any atom is -0.481 e. The lowest BCUT2D eigenvalue weighted by atomic mass is 10.1. The molecule has 0 amide bonds. The Hall–Kier alpha value is -2.45. The van der Waals surface area contributed by atoms with Gasteiger partial charge in [0.05, 0.1) is 12.7 Å². The fourth-order valence-corrected chi connectivity index (χ4v) is 1.78. The molecule has 1 heterocycles. The summed E-state index contributed by atoms with van der Waals surface area (Å²) in [7, 11) is 1.56. The van der Waals surface area contributed by atoms with Crippen molar-refractivity contribution in [3.8, 4) is 11.9 Å². The molecular weight excluding hydrogens is 257 g/mol. The SMILES string of the molecule is COc1ccc(CNCc2cccc(C#N)c2F)cn1. The van der Waals surface area contributed by atoms with Crippen LogP contribution in [0.5, 0.6) is 5.88 Å². The molecule has 5 heteroatoms. The van der Waals surface area contributed by atoms with Crippen molar-refractivity contribution < 1.29 is 9.13 Å². The van der Waals surface area contributed by atoms with Gasteiger partial charge in [-0.25, -0.2) is 9.37 Å². The molecule has 0 aliphatic rings. The summed E-state index contributed by atoms with van der Waals surface area (Å²) in [4.78, 5) is 4.09. The van der Waals surface area contributed by atoms with Crippen LogP contribution in [0.1, 0.15) is 16.7 Å². The highest BCUT2D eigenvalue weighted by atomic mass is 19.1. The molecule has 0 unspecified atom stereocenters. The first kappa shape index (κ1) is 14.0. The maximum Gasteiger partial charge on any atom is 0.212 e. The van der Waals surface area contributed by atoms with E-state index in [1.165, 1.54) is 6.07 Å². The quantitative estimate of drug-likeness (QED) is 0.907. The second kappa shape index (κ2) is 6.64. The first-order valence-corrected chi connectivity index (χ1v) is 6.11. The van der Waals surface area contributed by atoms with Gasteiger partial charge in [0.25, 0.3) is 0 Å². The molecule has 20 heavy (non-hydrogen) atoms. The van der Waals surface area contributed by atoms with Gasteiger partial charge in [-0.05, 0) is 11.6 Å². The van der Waals surface area contributed by atoms with Gasteiger partial charge >= 0.3 is 0 Å². The fourth-order valence-electron chi connectivity index (χ4n) is 1.78. The van der Waals surface area contributed by atoms with Crippen molar-refractivity contribution in [3.63, 3.8) is 0 Å². The summed E-state index contributed by atoms with van der Waals surface area (Å²) in [6, 6.07) is 10.3. The molecule has 2 rings (SSSR count). The van der Waals surface area contributed by atoms with Crippen LogP contribution < -0.4 is 10.1 Å². The number of hydrogen-bond acceptors (Lipinski definition) is 4. The Balaban J connectivity index is 1.94. The highest BCUT2D eigenvalue weighted by Crippen LogP contribution is 2.12. The maximum atomic E-state index is 13.8. The Morgan fingerprint density at radius 3 is 2.80 bits per heavy atom. The third kappa shape index (κ3) is 3.31. The van der Waals surface area contributed by atoms with Gasteiger partial charge in [-0.15, -0.1) is 0 Å². The molecule has 1 aromatic carbocycles. The lowest BCUT2D eigenvalue weighted by Crippen LogP contribution is -2.14. The summed E-state index contributed by atoms with van der Waals surface area (Å²) in [5.41, 5.74) is 1.52. The first-order valence-electron chi connectivity index (χ1n) is 6.11. The van der Waals surface area contributed by atoms with E-state index >= 15 is 0 Å². The van der Waals surface area contributed by atoms with Crippen LogP contribution in [0.2, 0.25) is 0 Å². The van der Waals surface area contributed by atoms with Crippen LogP contribution in [0.15, 0.2) is 36.5 Å². The number of hydrogen-bond donors (Lipinski definition) is 1. The van der Waals surface area contributed by atoms with Crippen LogP contribution in [0.4, 0.5) is 4.39 Å². The molecule has 2 aromatic rings. The molecule has 0 aliphatic carbocycles. The molecule has 102 valence electrons. The number of benzene rings is 1. The second-order valence-corrected chi connectivity index (χ2v) is 4.20. The molecule has 0 atom stereocenters. The molecule has 1 N–H and O–H groups in total. The summed E-state index contributed by atoms with van der Waals surface area (Å²) in [6.45, 7) is 0.917. The highest BCUT2D eigenvalue weighted by molar-refractivity contribution is 5.34. The van der Waals surface area contributed by atoms with E-state index in [0.717, 1.165) is 5.56 Å². The van der Waals surface area contributed by atoms with Crippen LogP contribution in [0, 0.1) is 17.1 Å². The van der Waals surface area contributed by atoms with Crippen LogP contribution >= 0.6 is 0 Å². The average Bonchev–Trinajstić information content (AvgIpc) is 2.49. The van der Waals surface area contributed by atoms with Crippen LogP contribution in [0.3, 0.4) is 0 Å². The average molecular weight is 271 g/mol. The van der Waals surface area contributed by atoms with Gasteiger partial charge in [-0.2, -0.15) is 5.26 Å². The molecule has 0 spiro atoms. The lowest BCUT2D eigenvalue weighted by Gasteiger charge is -2.07. The number of methoxy groups -OCH3 is 1. The van der Waals surface area contributed by atoms with E-state index in [1.807, 2.05) is 12.1 Å². The van der Waals surface area contributed by atoms with Gasteiger partial charge in [-0.3, -0.25) is 0 Å². The number of halogens is 1. The van der Waals surface area contributed by atoms with E-state index in [0.29, 0.717) is 24.5 Å². The van der Waals surface area contributed by atoms with Gasteiger partial charge in [0.2, 0.25) is 5.88 Å². The van der Waals surface area contributed by atoms with Gasteiger partial charge in [0.15, 0.2) is 0 Å². The Bertz CT molecular complexity index is 620. The summed E-state index contributed by atoms with van der Waals surface area (Å²) in [5, 5.41) is 11.9. The number of rotatable bonds is 5.